The molecule has 0 spiro atoms. The Morgan fingerprint density at radius 1 is 1.22 bits per heavy atom. The van der Waals surface area contributed by atoms with Crippen LogP contribution in [0.1, 0.15) is 44.6 Å². The molecule has 1 aromatic carbocycles. The molecule has 0 saturated carbocycles. The van der Waals surface area contributed by atoms with E-state index in [4.69, 9.17) is 9.47 Å². The van der Waals surface area contributed by atoms with Crippen molar-refractivity contribution in [3.05, 3.63) is 35.9 Å². The number of ether oxygens (including phenoxy) is 2. The molecule has 2 heterocycles. The van der Waals surface area contributed by atoms with E-state index in [0.717, 1.165) is 25.7 Å². The zero-order chi connectivity index (χ0) is 19.1. The van der Waals surface area contributed by atoms with Crippen LogP contribution in [0.4, 0.5) is 0 Å². The minimum atomic E-state index is -0.451. The quantitative estimate of drug-likeness (QED) is 0.689. The van der Waals surface area contributed by atoms with E-state index in [1.807, 2.05) is 30.0 Å². The number of amides is 1. The first-order chi connectivity index (χ1) is 13.1. The second-order valence-corrected chi connectivity index (χ2v) is 7.73. The molecular weight excluding hydrogens is 342 g/mol. The molecule has 0 N–H and O–H groups in total. The highest BCUT2D eigenvalue weighted by Gasteiger charge is 2.43. The smallest absolute Gasteiger partial charge is 0.312 e. The van der Waals surface area contributed by atoms with Crippen LogP contribution in [0, 0.1) is 11.3 Å². The maximum atomic E-state index is 12.7. The number of benzene rings is 1. The third-order valence-corrected chi connectivity index (χ3v) is 5.98. The van der Waals surface area contributed by atoms with Crippen molar-refractivity contribution in [2.24, 2.45) is 11.3 Å². The van der Waals surface area contributed by atoms with Gasteiger partial charge in [-0.2, -0.15) is 0 Å². The van der Waals surface area contributed by atoms with Crippen LogP contribution < -0.4 is 0 Å². The number of likely N-dealkylation sites (tertiary alicyclic amines) is 1. The first-order valence-electron chi connectivity index (χ1n) is 10.2. The van der Waals surface area contributed by atoms with Crippen LogP contribution in [-0.2, 0) is 25.5 Å². The van der Waals surface area contributed by atoms with Crippen LogP contribution >= 0.6 is 0 Å². The van der Waals surface area contributed by atoms with Crippen LogP contribution in [0.15, 0.2) is 30.3 Å². The number of rotatable bonds is 7. The molecule has 5 nitrogen and oxygen atoms in total. The molecule has 27 heavy (non-hydrogen) atoms. The summed E-state index contributed by atoms with van der Waals surface area (Å²) in [5.74, 6) is 0.0989. The largest absolute Gasteiger partial charge is 0.466 e. The highest BCUT2D eigenvalue weighted by Crippen LogP contribution is 2.38. The van der Waals surface area contributed by atoms with Crippen LogP contribution in [0.2, 0.25) is 0 Å². The van der Waals surface area contributed by atoms with Gasteiger partial charge in [-0.15, -0.1) is 0 Å². The Labute approximate surface area is 162 Å². The molecule has 5 heteroatoms. The monoisotopic (exact) mass is 373 g/mol. The van der Waals surface area contributed by atoms with Crippen LogP contribution in [0.3, 0.4) is 0 Å². The Hall–Kier alpha value is -1.88. The lowest BCUT2D eigenvalue weighted by molar-refractivity contribution is -0.161. The van der Waals surface area contributed by atoms with Crippen molar-refractivity contribution in [2.75, 3.05) is 32.9 Å². The molecule has 2 fully saturated rings. The van der Waals surface area contributed by atoms with Crippen molar-refractivity contribution in [1.29, 1.82) is 0 Å². The van der Waals surface area contributed by atoms with Crippen molar-refractivity contribution in [3.63, 3.8) is 0 Å². The van der Waals surface area contributed by atoms with E-state index in [-0.39, 0.29) is 17.8 Å². The molecular formula is C22H31NO4. The number of esters is 1. The summed E-state index contributed by atoms with van der Waals surface area (Å²) in [5.41, 5.74) is 0.846. The molecule has 2 aliphatic rings. The van der Waals surface area contributed by atoms with Gasteiger partial charge < -0.3 is 14.4 Å². The zero-order valence-corrected chi connectivity index (χ0v) is 16.3. The van der Waals surface area contributed by atoms with Gasteiger partial charge in [0.2, 0.25) is 5.91 Å². The molecule has 0 aromatic heterocycles. The Bertz CT molecular complexity index is 616. The van der Waals surface area contributed by atoms with Gasteiger partial charge in [-0.25, -0.2) is 0 Å². The van der Waals surface area contributed by atoms with Gasteiger partial charge in [-0.1, -0.05) is 30.3 Å². The summed E-state index contributed by atoms with van der Waals surface area (Å²) in [6.07, 6.45) is 4.93. The second kappa shape index (κ2) is 9.36. The number of hydrogen-bond acceptors (Lipinski definition) is 4. The fourth-order valence-electron chi connectivity index (χ4n) is 4.26. The molecule has 0 aliphatic carbocycles. The Morgan fingerprint density at radius 2 is 1.96 bits per heavy atom. The Balaban J connectivity index is 1.58. The molecule has 2 aliphatic heterocycles. The number of hydrogen-bond donors (Lipinski definition) is 0. The number of piperidine rings is 1. The Kier molecular flexibility index (Phi) is 6.89. The van der Waals surface area contributed by atoms with E-state index in [2.05, 4.69) is 12.1 Å². The maximum Gasteiger partial charge on any atom is 0.312 e. The molecule has 1 unspecified atom stereocenters. The lowest BCUT2D eigenvalue weighted by Crippen LogP contribution is -2.48. The first-order valence-corrected chi connectivity index (χ1v) is 10.2. The van der Waals surface area contributed by atoms with Crippen molar-refractivity contribution >= 4 is 11.9 Å². The molecule has 0 radical (unpaired) electrons. The highest BCUT2D eigenvalue weighted by atomic mass is 16.5. The molecule has 148 valence electrons. The van der Waals surface area contributed by atoms with Crippen LogP contribution in [0.25, 0.3) is 0 Å². The molecule has 3 rings (SSSR count). The number of carbonyl (C=O) groups is 2. The van der Waals surface area contributed by atoms with Crippen molar-refractivity contribution < 1.29 is 19.1 Å². The van der Waals surface area contributed by atoms with Gasteiger partial charge in [0.15, 0.2) is 0 Å². The van der Waals surface area contributed by atoms with Gasteiger partial charge in [0.1, 0.15) is 0 Å². The van der Waals surface area contributed by atoms with E-state index in [9.17, 15) is 9.59 Å². The predicted octanol–water partition coefficient (Wildman–Crippen LogP) is 3.22. The molecule has 1 atom stereocenters. The van der Waals surface area contributed by atoms with E-state index in [0.29, 0.717) is 45.8 Å². The molecule has 1 aromatic rings. The highest BCUT2D eigenvalue weighted by molar-refractivity contribution is 5.81. The van der Waals surface area contributed by atoms with Crippen molar-refractivity contribution in [3.8, 4) is 0 Å². The Morgan fingerprint density at radius 3 is 2.59 bits per heavy atom. The van der Waals surface area contributed by atoms with Gasteiger partial charge in [0, 0.05) is 19.7 Å². The average molecular weight is 373 g/mol. The summed E-state index contributed by atoms with van der Waals surface area (Å²) in [7, 11) is 0. The SMILES string of the molecule is CCOC(=O)C1(CCCc2ccccc2)CCN(C(=O)C2CCOC2)CC1. The summed E-state index contributed by atoms with van der Waals surface area (Å²) in [4.78, 5) is 27.3. The van der Waals surface area contributed by atoms with E-state index in [1.54, 1.807) is 0 Å². The summed E-state index contributed by atoms with van der Waals surface area (Å²) in [5, 5.41) is 0. The van der Waals surface area contributed by atoms with E-state index >= 15 is 0 Å². The fourth-order valence-corrected chi connectivity index (χ4v) is 4.26. The summed E-state index contributed by atoms with van der Waals surface area (Å²) in [6, 6.07) is 10.4. The standard InChI is InChI=1S/C22H31NO4/c1-2-27-21(25)22(11-6-9-18-7-4-3-5-8-18)12-14-23(15-13-22)20(24)19-10-16-26-17-19/h3-5,7-8,19H,2,6,9-17H2,1H3. The lowest BCUT2D eigenvalue weighted by Gasteiger charge is -2.40. The lowest BCUT2D eigenvalue weighted by atomic mass is 9.74. The molecule has 0 bridgehead atoms. The number of nitrogens with zero attached hydrogens (tertiary/aromatic N) is 1. The number of carbonyl (C=O) groups excluding carboxylic acids is 2. The topological polar surface area (TPSA) is 55.8 Å². The molecule has 1 amide bonds. The third kappa shape index (κ3) is 4.89. The normalized spacial score (nSPS) is 21.8. The third-order valence-electron chi connectivity index (χ3n) is 5.98. The van der Waals surface area contributed by atoms with Gasteiger partial charge in [0.25, 0.3) is 0 Å². The minimum absolute atomic E-state index is 0.00169. The van der Waals surface area contributed by atoms with Gasteiger partial charge in [-0.3, -0.25) is 9.59 Å². The van der Waals surface area contributed by atoms with Gasteiger partial charge in [-0.05, 0) is 51.0 Å². The van der Waals surface area contributed by atoms with Crippen LogP contribution in [-0.4, -0.2) is 49.7 Å². The van der Waals surface area contributed by atoms with E-state index in [1.165, 1.54) is 5.56 Å². The van der Waals surface area contributed by atoms with Crippen molar-refractivity contribution in [1.82, 2.24) is 4.90 Å². The van der Waals surface area contributed by atoms with Gasteiger partial charge in [0.05, 0.1) is 24.5 Å². The number of aryl methyl sites for hydroxylation is 1. The molecule has 2 saturated heterocycles. The maximum absolute atomic E-state index is 12.7. The van der Waals surface area contributed by atoms with Crippen molar-refractivity contribution in [2.45, 2.75) is 45.4 Å². The zero-order valence-electron chi connectivity index (χ0n) is 16.3. The van der Waals surface area contributed by atoms with Crippen LogP contribution in [0.5, 0.6) is 0 Å². The first kappa shape index (κ1) is 19.9. The second-order valence-electron chi connectivity index (χ2n) is 7.73. The summed E-state index contributed by atoms with van der Waals surface area (Å²) >= 11 is 0. The summed E-state index contributed by atoms with van der Waals surface area (Å²) in [6.45, 7) is 4.75. The summed E-state index contributed by atoms with van der Waals surface area (Å²) < 4.78 is 10.8. The minimum Gasteiger partial charge on any atom is -0.466 e. The fraction of sp³-hybridized carbons (Fsp3) is 0.636. The predicted molar refractivity (Wildman–Crippen MR) is 103 cm³/mol. The van der Waals surface area contributed by atoms with Gasteiger partial charge >= 0.3 is 5.97 Å². The average Bonchev–Trinajstić information content (AvgIpc) is 3.24. The van der Waals surface area contributed by atoms with E-state index < -0.39 is 5.41 Å².